The van der Waals surface area contributed by atoms with Crippen LogP contribution in [-0.2, 0) is 0 Å². The average Bonchev–Trinajstić information content (AvgIpc) is 2.21. The summed E-state index contributed by atoms with van der Waals surface area (Å²) in [5.74, 6) is 1.45. The normalized spacial score (nSPS) is 50.1. The van der Waals surface area contributed by atoms with E-state index < -0.39 is 0 Å². The Morgan fingerprint density at radius 1 is 1.30 bits per heavy atom. The molecule has 3 atom stereocenters. The largest absolute Gasteiger partial charge is 0.393 e. The highest BCUT2D eigenvalue weighted by molar-refractivity contribution is 4.99. The fourth-order valence-electron chi connectivity index (χ4n) is 2.80. The summed E-state index contributed by atoms with van der Waals surface area (Å²) in [5, 5.41) is 9.45. The van der Waals surface area contributed by atoms with Crippen molar-refractivity contribution in [3.05, 3.63) is 0 Å². The Labute approximate surface area is 62.4 Å². The van der Waals surface area contributed by atoms with Crippen LogP contribution in [0.3, 0.4) is 0 Å². The van der Waals surface area contributed by atoms with Crippen molar-refractivity contribution < 1.29 is 5.11 Å². The van der Waals surface area contributed by atoms with Crippen molar-refractivity contribution in [1.29, 1.82) is 0 Å². The van der Waals surface area contributed by atoms with E-state index in [0.29, 0.717) is 11.3 Å². The van der Waals surface area contributed by atoms with Gasteiger partial charge in [-0.05, 0) is 36.5 Å². The van der Waals surface area contributed by atoms with Crippen LogP contribution in [-0.4, -0.2) is 11.2 Å². The van der Waals surface area contributed by atoms with E-state index in [0.717, 1.165) is 12.3 Å². The van der Waals surface area contributed by atoms with Crippen molar-refractivity contribution in [3.8, 4) is 0 Å². The van der Waals surface area contributed by atoms with Crippen LogP contribution in [0.1, 0.15) is 33.1 Å². The van der Waals surface area contributed by atoms with Crippen LogP contribution in [0.2, 0.25) is 0 Å². The van der Waals surface area contributed by atoms with Crippen LogP contribution in [0.15, 0.2) is 0 Å². The SMILES string of the molecule is CC1(C)CC2CC1CC2O. The smallest absolute Gasteiger partial charge is 0.0571 e. The van der Waals surface area contributed by atoms with E-state index in [1.54, 1.807) is 0 Å². The van der Waals surface area contributed by atoms with Crippen molar-refractivity contribution >= 4 is 0 Å². The lowest BCUT2D eigenvalue weighted by molar-refractivity contribution is 0.0685. The Kier molecular flexibility index (Phi) is 1.17. The van der Waals surface area contributed by atoms with Gasteiger partial charge in [-0.15, -0.1) is 0 Å². The second kappa shape index (κ2) is 1.76. The van der Waals surface area contributed by atoms with Gasteiger partial charge in [-0.2, -0.15) is 0 Å². The van der Waals surface area contributed by atoms with E-state index in [4.69, 9.17) is 0 Å². The zero-order chi connectivity index (χ0) is 7.35. The van der Waals surface area contributed by atoms with Gasteiger partial charge in [0.05, 0.1) is 6.10 Å². The van der Waals surface area contributed by atoms with Crippen molar-refractivity contribution in [2.75, 3.05) is 0 Å². The molecule has 1 heteroatoms. The number of rotatable bonds is 0. The van der Waals surface area contributed by atoms with E-state index in [9.17, 15) is 5.11 Å². The predicted octanol–water partition coefficient (Wildman–Crippen LogP) is 1.80. The lowest BCUT2D eigenvalue weighted by Crippen LogP contribution is -2.27. The quantitative estimate of drug-likeness (QED) is 0.544. The highest BCUT2D eigenvalue weighted by atomic mass is 16.3. The van der Waals surface area contributed by atoms with Gasteiger partial charge in [-0.3, -0.25) is 0 Å². The van der Waals surface area contributed by atoms with Gasteiger partial charge in [0.15, 0.2) is 0 Å². The lowest BCUT2D eigenvalue weighted by Gasteiger charge is -2.31. The standard InChI is InChI=1S/C9H16O/c1-9(2)5-6-3-7(9)4-8(6)10/h6-8,10H,3-5H2,1-2H3. The van der Waals surface area contributed by atoms with Gasteiger partial charge in [0, 0.05) is 0 Å². The maximum absolute atomic E-state index is 9.45. The third kappa shape index (κ3) is 0.731. The molecule has 3 unspecified atom stereocenters. The average molecular weight is 140 g/mol. The summed E-state index contributed by atoms with van der Waals surface area (Å²) in [6, 6.07) is 0. The lowest BCUT2D eigenvalue weighted by atomic mass is 9.76. The molecule has 2 rings (SSSR count). The molecule has 0 amide bonds. The van der Waals surface area contributed by atoms with E-state index in [2.05, 4.69) is 13.8 Å². The van der Waals surface area contributed by atoms with E-state index in [-0.39, 0.29) is 6.10 Å². The molecule has 2 fully saturated rings. The van der Waals surface area contributed by atoms with Crippen molar-refractivity contribution in [3.63, 3.8) is 0 Å². The third-order valence-electron chi connectivity index (χ3n) is 3.55. The Hall–Kier alpha value is -0.0400. The van der Waals surface area contributed by atoms with Crippen molar-refractivity contribution in [1.82, 2.24) is 0 Å². The molecule has 2 saturated carbocycles. The molecule has 1 nitrogen and oxygen atoms in total. The summed E-state index contributed by atoms with van der Waals surface area (Å²) in [6.45, 7) is 4.67. The second-order valence-corrected chi connectivity index (χ2v) is 4.69. The summed E-state index contributed by atoms with van der Waals surface area (Å²) in [4.78, 5) is 0. The van der Waals surface area contributed by atoms with Crippen LogP contribution in [0.4, 0.5) is 0 Å². The van der Waals surface area contributed by atoms with Gasteiger partial charge in [0.2, 0.25) is 0 Å². The van der Waals surface area contributed by atoms with Crippen LogP contribution < -0.4 is 0 Å². The summed E-state index contributed by atoms with van der Waals surface area (Å²) in [5.41, 5.74) is 0.532. The Balaban J connectivity index is 2.16. The first kappa shape index (κ1) is 6.66. The number of fused-ring (bicyclic) bond motifs is 2. The molecule has 2 bridgehead atoms. The first-order valence-electron chi connectivity index (χ1n) is 4.28. The zero-order valence-electron chi connectivity index (χ0n) is 6.80. The molecular weight excluding hydrogens is 124 g/mol. The van der Waals surface area contributed by atoms with Crippen LogP contribution in [0.25, 0.3) is 0 Å². The van der Waals surface area contributed by atoms with Gasteiger partial charge in [-0.1, -0.05) is 13.8 Å². The Morgan fingerprint density at radius 3 is 2.30 bits per heavy atom. The molecule has 2 aliphatic rings. The number of hydrogen-bond acceptors (Lipinski definition) is 1. The fraction of sp³-hybridized carbons (Fsp3) is 1.00. The molecule has 0 aromatic heterocycles. The monoisotopic (exact) mass is 140 g/mol. The Bertz CT molecular complexity index is 149. The van der Waals surface area contributed by atoms with Gasteiger partial charge in [-0.25, -0.2) is 0 Å². The minimum absolute atomic E-state index is 0.0398. The van der Waals surface area contributed by atoms with E-state index in [1.807, 2.05) is 0 Å². The second-order valence-electron chi connectivity index (χ2n) is 4.69. The van der Waals surface area contributed by atoms with Gasteiger partial charge < -0.3 is 5.11 Å². The number of hydrogen-bond donors (Lipinski definition) is 1. The molecule has 2 aliphatic carbocycles. The summed E-state index contributed by atoms with van der Waals surface area (Å²) in [7, 11) is 0. The third-order valence-corrected chi connectivity index (χ3v) is 3.55. The maximum atomic E-state index is 9.45. The molecule has 0 aromatic rings. The van der Waals surface area contributed by atoms with E-state index in [1.165, 1.54) is 12.8 Å². The van der Waals surface area contributed by atoms with Crippen molar-refractivity contribution in [2.45, 2.75) is 39.2 Å². The Morgan fingerprint density at radius 2 is 2.00 bits per heavy atom. The van der Waals surface area contributed by atoms with Gasteiger partial charge in [0.1, 0.15) is 0 Å². The first-order valence-corrected chi connectivity index (χ1v) is 4.28. The van der Waals surface area contributed by atoms with Gasteiger partial charge in [0.25, 0.3) is 0 Å². The van der Waals surface area contributed by atoms with E-state index >= 15 is 0 Å². The molecule has 0 heterocycles. The first-order chi connectivity index (χ1) is 4.59. The minimum atomic E-state index is 0.0398. The number of aliphatic hydroxyl groups excluding tert-OH is 1. The predicted molar refractivity (Wildman–Crippen MR) is 40.6 cm³/mol. The van der Waals surface area contributed by atoms with Crippen LogP contribution >= 0.6 is 0 Å². The van der Waals surface area contributed by atoms with Crippen LogP contribution in [0, 0.1) is 17.3 Å². The molecule has 1 N–H and O–H groups in total. The van der Waals surface area contributed by atoms with Crippen molar-refractivity contribution in [2.24, 2.45) is 17.3 Å². The van der Waals surface area contributed by atoms with Gasteiger partial charge >= 0.3 is 0 Å². The zero-order valence-corrected chi connectivity index (χ0v) is 6.80. The molecule has 0 saturated heterocycles. The van der Waals surface area contributed by atoms with Crippen LogP contribution in [0.5, 0.6) is 0 Å². The molecule has 10 heavy (non-hydrogen) atoms. The molecular formula is C9H16O. The molecule has 0 aliphatic heterocycles. The summed E-state index contributed by atoms with van der Waals surface area (Å²) in [6.07, 6.45) is 3.64. The highest BCUT2D eigenvalue weighted by Gasteiger charge is 2.49. The molecule has 58 valence electrons. The topological polar surface area (TPSA) is 20.2 Å². The molecule has 0 radical (unpaired) electrons. The minimum Gasteiger partial charge on any atom is -0.393 e. The number of aliphatic hydroxyl groups is 1. The summed E-state index contributed by atoms with van der Waals surface area (Å²) >= 11 is 0. The highest BCUT2D eigenvalue weighted by Crippen LogP contribution is 2.55. The molecule has 0 spiro atoms. The maximum Gasteiger partial charge on any atom is 0.0571 e. The summed E-state index contributed by atoms with van der Waals surface area (Å²) < 4.78 is 0. The molecule has 0 aromatic carbocycles. The fourth-order valence-corrected chi connectivity index (χ4v) is 2.80.